The quantitative estimate of drug-likeness (QED) is 0.636. The second kappa shape index (κ2) is 8.32. The fourth-order valence-electron chi connectivity index (χ4n) is 2.41. The Kier molecular flexibility index (Phi) is 7.05. The van der Waals surface area contributed by atoms with Gasteiger partial charge in [-0.1, -0.05) is 12.8 Å². The molecule has 0 aromatic rings. The highest BCUT2D eigenvalue weighted by atomic mass is 16.3. The molecule has 5 heteroatoms. The minimum Gasteiger partial charge on any atom is -0.396 e. The van der Waals surface area contributed by atoms with Crippen LogP contribution in [0.3, 0.4) is 0 Å². The monoisotopic (exact) mass is 257 g/mol. The van der Waals surface area contributed by atoms with Crippen LogP contribution in [0, 0.1) is 0 Å². The van der Waals surface area contributed by atoms with Gasteiger partial charge in [-0.25, -0.2) is 4.79 Å². The zero-order valence-corrected chi connectivity index (χ0v) is 11.6. The Morgan fingerprint density at radius 2 is 2.11 bits per heavy atom. The molecule has 1 aliphatic rings. The van der Waals surface area contributed by atoms with Crippen molar-refractivity contribution >= 4 is 6.03 Å². The molecule has 0 bridgehead atoms. The lowest BCUT2D eigenvalue weighted by Gasteiger charge is -2.24. The van der Waals surface area contributed by atoms with Crippen LogP contribution in [-0.4, -0.2) is 54.9 Å². The van der Waals surface area contributed by atoms with E-state index in [0.717, 1.165) is 6.54 Å². The van der Waals surface area contributed by atoms with E-state index in [0.29, 0.717) is 19.0 Å². The van der Waals surface area contributed by atoms with Gasteiger partial charge < -0.3 is 20.6 Å². The van der Waals surface area contributed by atoms with Crippen LogP contribution >= 0.6 is 0 Å². The average Bonchev–Trinajstić information content (AvgIpc) is 2.82. The smallest absolute Gasteiger partial charge is 0.315 e. The van der Waals surface area contributed by atoms with E-state index < -0.39 is 0 Å². The molecule has 0 radical (unpaired) electrons. The van der Waals surface area contributed by atoms with Crippen molar-refractivity contribution in [2.24, 2.45) is 0 Å². The number of likely N-dealkylation sites (N-methyl/N-ethyl adjacent to an activating group) is 1. The van der Waals surface area contributed by atoms with E-state index in [9.17, 15) is 4.79 Å². The van der Waals surface area contributed by atoms with Gasteiger partial charge in [-0.05, 0) is 33.2 Å². The molecule has 1 fully saturated rings. The predicted octanol–water partition coefficient (Wildman–Crippen LogP) is 0.931. The summed E-state index contributed by atoms with van der Waals surface area (Å²) in [5.41, 5.74) is 0. The van der Waals surface area contributed by atoms with Crippen LogP contribution in [0.25, 0.3) is 0 Å². The van der Waals surface area contributed by atoms with Gasteiger partial charge in [-0.3, -0.25) is 0 Å². The maximum absolute atomic E-state index is 11.5. The number of nitrogens with zero attached hydrogens (tertiary/aromatic N) is 1. The fourth-order valence-corrected chi connectivity index (χ4v) is 2.41. The fraction of sp³-hybridized carbons (Fsp3) is 0.923. The molecule has 0 saturated heterocycles. The molecule has 1 saturated carbocycles. The van der Waals surface area contributed by atoms with E-state index >= 15 is 0 Å². The van der Waals surface area contributed by atoms with Gasteiger partial charge in [-0.2, -0.15) is 0 Å². The molecule has 0 aliphatic heterocycles. The Morgan fingerprint density at radius 1 is 1.44 bits per heavy atom. The Balaban J connectivity index is 2.07. The predicted molar refractivity (Wildman–Crippen MR) is 72.6 cm³/mol. The first-order chi connectivity index (χ1) is 8.63. The molecule has 0 aromatic heterocycles. The molecule has 1 rings (SSSR count). The highest BCUT2D eigenvalue weighted by molar-refractivity contribution is 5.74. The lowest BCUT2D eigenvalue weighted by atomic mass is 10.2. The van der Waals surface area contributed by atoms with Crippen LogP contribution in [0.1, 0.15) is 39.0 Å². The summed E-state index contributed by atoms with van der Waals surface area (Å²) in [6.07, 6.45) is 5.84. The van der Waals surface area contributed by atoms with Crippen molar-refractivity contribution in [2.45, 2.75) is 51.1 Å². The molecule has 0 aromatic carbocycles. The molecule has 0 unspecified atom stereocenters. The van der Waals surface area contributed by atoms with Crippen LogP contribution in [0.15, 0.2) is 0 Å². The van der Waals surface area contributed by atoms with Gasteiger partial charge >= 0.3 is 6.03 Å². The summed E-state index contributed by atoms with van der Waals surface area (Å²) in [6.45, 7) is 3.56. The number of aliphatic hydroxyl groups is 1. The number of hydrogen-bond donors (Lipinski definition) is 3. The van der Waals surface area contributed by atoms with Crippen molar-refractivity contribution in [3.63, 3.8) is 0 Å². The van der Waals surface area contributed by atoms with Gasteiger partial charge in [0, 0.05) is 31.8 Å². The normalized spacial score (nSPS) is 18.0. The van der Waals surface area contributed by atoms with Gasteiger partial charge in [0.2, 0.25) is 0 Å². The Labute approximate surface area is 110 Å². The first-order valence-electron chi connectivity index (χ1n) is 6.99. The molecule has 5 nitrogen and oxygen atoms in total. The van der Waals surface area contributed by atoms with Gasteiger partial charge in [0.05, 0.1) is 0 Å². The van der Waals surface area contributed by atoms with Crippen LogP contribution in [0.2, 0.25) is 0 Å². The van der Waals surface area contributed by atoms with Crippen LogP contribution in [0.4, 0.5) is 4.79 Å². The SMILES string of the molecule is C[C@H](CCO)NC(=O)NCCN(C)C1CCCC1. The Hall–Kier alpha value is -0.810. The van der Waals surface area contributed by atoms with E-state index in [4.69, 9.17) is 5.11 Å². The number of aliphatic hydroxyl groups excluding tert-OH is 1. The van der Waals surface area contributed by atoms with E-state index in [1.165, 1.54) is 25.7 Å². The molecule has 18 heavy (non-hydrogen) atoms. The molecule has 3 N–H and O–H groups in total. The number of rotatable bonds is 7. The minimum absolute atomic E-state index is 0.0163. The van der Waals surface area contributed by atoms with Crippen molar-refractivity contribution in [3.8, 4) is 0 Å². The van der Waals surface area contributed by atoms with Crippen molar-refractivity contribution in [1.82, 2.24) is 15.5 Å². The topological polar surface area (TPSA) is 64.6 Å². The molecule has 0 spiro atoms. The molecular weight excluding hydrogens is 230 g/mol. The van der Waals surface area contributed by atoms with Crippen LogP contribution < -0.4 is 10.6 Å². The standard InChI is InChI=1S/C13H27N3O2/c1-11(7-10-17)15-13(18)14-8-9-16(2)12-5-3-4-6-12/h11-12,17H,3-10H2,1-2H3,(H2,14,15,18)/t11-/m1/s1. The average molecular weight is 257 g/mol. The van der Waals surface area contributed by atoms with E-state index in [1.54, 1.807) is 0 Å². The number of nitrogens with one attached hydrogen (secondary N) is 2. The number of urea groups is 1. The van der Waals surface area contributed by atoms with E-state index in [1.807, 2.05) is 6.92 Å². The molecule has 1 aliphatic carbocycles. The number of carbonyl (C=O) groups excluding carboxylic acids is 1. The maximum Gasteiger partial charge on any atom is 0.315 e. The summed E-state index contributed by atoms with van der Waals surface area (Å²) >= 11 is 0. The third-order valence-corrected chi connectivity index (χ3v) is 3.64. The Morgan fingerprint density at radius 3 is 2.72 bits per heavy atom. The summed E-state index contributed by atoms with van der Waals surface area (Å²) in [5.74, 6) is 0. The Bertz CT molecular complexity index is 242. The highest BCUT2D eigenvalue weighted by Crippen LogP contribution is 2.21. The summed E-state index contributed by atoms with van der Waals surface area (Å²) < 4.78 is 0. The minimum atomic E-state index is -0.143. The summed E-state index contributed by atoms with van der Waals surface area (Å²) in [7, 11) is 2.13. The third-order valence-electron chi connectivity index (χ3n) is 3.64. The highest BCUT2D eigenvalue weighted by Gasteiger charge is 2.18. The van der Waals surface area contributed by atoms with Crippen molar-refractivity contribution in [3.05, 3.63) is 0 Å². The number of amides is 2. The van der Waals surface area contributed by atoms with Crippen LogP contribution in [0.5, 0.6) is 0 Å². The van der Waals surface area contributed by atoms with Crippen molar-refractivity contribution in [1.29, 1.82) is 0 Å². The molecule has 2 amide bonds. The first-order valence-corrected chi connectivity index (χ1v) is 6.99. The van der Waals surface area contributed by atoms with Gasteiger partial charge in [-0.15, -0.1) is 0 Å². The van der Waals surface area contributed by atoms with Gasteiger partial charge in [0.25, 0.3) is 0 Å². The number of carbonyl (C=O) groups is 1. The van der Waals surface area contributed by atoms with E-state index in [-0.39, 0.29) is 18.7 Å². The molecule has 1 atom stereocenters. The molecule has 106 valence electrons. The zero-order valence-electron chi connectivity index (χ0n) is 11.6. The largest absolute Gasteiger partial charge is 0.396 e. The second-order valence-corrected chi connectivity index (χ2v) is 5.23. The molecular formula is C13H27N3O2. The second-order valence-electron chi connectivity index (χ2n) is 5.23. The maximum atomic E-state index is 11.5. The summed E-state index contributed by atoms with van der Waals surface area (Å²) in [4.78, 5) is 13.8. The van der Waals surface area contributed by atoms with Gasteiger partial charge in [0.1, 0.15) is 0 Å². The third kappa shape index (κ3) is 5.69. The van der Waals surface area contributed by atoms with Gasteiger partial charge in [0.15, 0.2) is 0 Å². The van der Waals surface area contributed by atoms with Crippen molar-refractivity contribution < 1.29 is 9.90 Å². The van der Waals surface area contributed by atoms with Crippen molar-refractivity contribution in [2.75, 3.05) is 26.7 Å². The summed E-state index contributed by atoms with van der Waals surface area (Å²) in [5, 5.41) is 14.4. The van der Waals surface area contributed by atoms with E-state index in [2.05, 4.69) is 22.6 Å². The molecule has 0 heterocycles. The zero-order chi connectivity index (χ0) is 13.4. The first kappa shape index (κ1) is 15.2. The number of hydrogen-bond acceptors (Lipinski definition) is 3. The lowest BCUT2D eigenvalue weighted by Crippen LogP contribution is -2.44. The summed E-state index contributed by atoms with van der Waals surface area (Å²) in [6, 6.07) is 0.571. The van der Waals surface area contributed by atoms with Crippen LogP contribution in [-0.2, 0) is 0 Å². The lowest BCUT2D eigenvalue weighted by molar-refractivity contribution is 0.222.